The number of rotatable bonds is 9. The minimum atomic E-state index is -0.339. The molecule has 2 aromatic heterocycles. The summed E-state index contributed by atoms with van der Waals surface area (Å²) in [6.45, 7) is 5.26. The summed E-state index contributed by atoms with van der Waals surface area (Å²) in [6.07, 6.45) is 5.52. The number of aromatic nitrogens is 3. The van der Waals surface area contributed by atoms with Crippen molar-refractivity contribution in [3.63, 3.8) is 0 Å². The van der Waals surface area contributed by atoms with E-state index in [4.69, 9.17) is 9.47 Å². The molecule has 36 heavy (non-hydrogen) atoms. The molecule has 2 aromatic carbocycles. The predicted octanol–water partition coefficient (Wildman–Crippen LogP) is 5.71. The molecule has 0 radical (unpaired) electrons. The third kappa shape index (κ3) is 4.44. The molecule has 7 nitrogen and oxygen atoms in total. The number of amides is 1. The second kappa shape index (κ2) is 10.2. The molecule has 1 aliphatic rings. The number of carbonyl (C=O) groups excluding carboxylic acids is 1. The van der Waals surface area contributed by atoms with Crippen molar-refractivity contribution in [1.29, 1.82) is 0 Å². The Morgan fingerprint density at radius 1 is 1.03 bits per heavy atom. The van der Waals surface area contributed by atoms with Crippen LogP contribution in [0.5, 0.6) is 11.5 Å². The molecule has 0 spiro atoms. The molecule has 0 saturated carbocycles. The average molecular weight is 483 g/mol. The molecule has 0 saturated heterocycles. The van der Waals surface area contributed by atoms with Gasteiger partial charge in [-0.2, -0.15) is 5.10 Å². The molecule has 4 aromatic rings. The van der Waals surface area contributed by atoms with Crippen molar-refractivity contribution in [3.8, 4) is 22.8 Å². The number of carbonyl (C=O) groups is 1. The van der Waals surface area contributed by atoms with E-state index in [2.05, 4.69) is 41.2 Å². The number of fused-ring (bicyclic) bond motifs is 1. The van der Waals surface area contributed by atoms with Crippen molar-refractivity contribution in [3.05, 3.63) is 94.9 Å². The molecule has 1 N–H and O–H groups in total. The first kappa shape index (κ1) is 23.6. The summed E-state index contributed by atoms with van der Waals surface area (Å²) in [5.74, 6) is 1.26. The van der Waals surface area contributed by atoms with Crippen molar-refractivity contribution in [1.82, 2.24) is 20.1 Å². The van der Waals surface area contributed by atoms with E-state index in [1.807, 2.05) is 47.4 Å². The number of benzene rings is 2. The molecule has 0 bridgehead atoms. The molecule has 1 aliphatic heterocycles. The molecule has 184 valence electrons. The van der Waals surface area contributed by atoms with Crippen LogP contribution in [0.4, 0.5) is 0 Å². The molecular weight excluding hydrogens is 452 g/mol. The van der Waals surface area contributed by atoms with Crippen molar-refractivity contribution in [2.24, 2.45) is 0 Å². The number of ether oxygens (including phenoxy) is 2. The summed E-state index contributed by atoms with van der Waals surface area (Å²) in [6, 6.07) is 17.7. The second-order valence-electron chi connectivity index (χ2n) is 9.03. The summed E-state index contributed by atoms with van der Waals surface area (Å²) in [5.41, 5.74) is 6.25. The van der Waals surface area contributed by atoms with E-state index in [9.17, 15) is 4.79 Å². The fourth-order valence-corrected chi connectivity index (χ4v) is 4.62. The fraction of sp³-hybridized carbons (Fsp3) is 0.276. The predicted molar refractivity (Wildman–Crippen MR) is 138 cm³/mol. The maximum absolute atomic E-state index is 13.7. The van der Waals surface area contributed by atoms with Crippen molar-refractivity contribution in [2.75, 3.05) is 13.7 Å². The minimum Gasteiger partial charge on any atom is -0.493 e. The van der Waals surface area contributed by atoms with Crippen molar-refractivity contribution >= 4 is 5.91 Å². The quantitative estimate of drug-likeness (QED) is 0.309. The standard InChI is InChI=1S/C29H30N4O3/c1-4-5-16-36-23-11-10-22(17-24(23)35-3)28-25-26(21-8-6-19(2)7-9-21)31-32-27(25)29(34)33(28)18-20-12-14-30-15-13-20/h6-15,17,28H,4-5,16,18H2,1-3H3,(H,31,32). The van der Waals surface area contributed by atoms with Gasteiger partial charge in [-0.25, -0.2) is 0 Å². The number of H-pyrrole nitrogens is 1. The molecule has 7 heteroatoms. The van der Waals surface area contributed by atoms with Gasteiger partial charge in [0.1, 0.15) is 5.69 Å². The highest BCUT2D eigenvalue weighted by molar-refractivity contribution is 6.00. The normalized spacial score (nSPS) is 14.7. The third-order valence-corrected chi connectivity index (χ3v) is 6.55. The fourth-order valence-electron chi connectivity index (χ4n) is 4.62. The molecular formula is C29H30N4O3. The minimum absolute atomic E-state index is 0.0834. The Morgan fingerprint density at radius 2 is 1.81 bits per heavy atom. The van der Waals surface area contributed by atoms with E-state index in [1.54, 1.807) is 19.5 Å². The molecule has 1 amide bonds. The highest BCUT2D eigenvalue weighted by Gasteiger charge is 2.42. The smallest absolute Gasteiger partial charge is 0.273 e. The lowest BCUT2D eigenvalue weighted by Crippen LogP contribution is -2.29. The highest BCUT2D eigenvalue weighted by atomic mass is 16.5. The highest BCUT2D eigenvalue weighted by Crippen LogP contribution is 2.45. The topological polar surface area (TPSA) is 80.3 Å². The van der Waals surface area contributed by atoms with Gasteiger partial charge in [-0.05, 0) is 48.7 Å². The number of aryl methyl sites for hydroxylation is 1. The van der Waals surface area contributed by atoms with Gasteiger partial charge in [0.05, 0.1) is 25.5 Å². The number of aromatic amines is 1. The van der Waals surface area contributed by atoms with Crippen molar-refractivity contribution < 1.29 is 14.3 Å². The Balaban J connectivity index is 1.60. The summed E-state index contributed by atoms with van der Waals surface area (Å²) in [4.78, 5) is 19.7. The summed E-state index contributed by atoms with van der Waals surface area (Å²) < 4.78 is 11.7. The molecule has 0 fully saturated rings. The Hall–Kier alpha value is -4.13. The van der Waals surface area contributed by atoms with Gasteiger partial charge < -0.3 is 14.4 Å². The number of hydrogen-bond acceptors (Lipinski definition) is 5. The van der Waals surface area contributed by atoms with Gasteiger partial charge in [0.25, 0.3) is 5.91 Å². The van der Waals surface area contributed by atoms with E-state index < -0.39 is 0 Å². The number of hydrogen-bond donors (Lipinski definition) is 1. The Morgan fingerprint density at radius 3 is 2.53 bits per heavy atom. The number of nitrogens with one attached hydrogen (secondary N) is 1. The van der Waals surface area contributed by atoms with E-state index in [-0.39, 0.29) is 11.9 Å². The number of pyridine rings is 1. The number of methoxy groups -OCH3 is 1. The maximum atomic E-state index is 13.7. The summed E-state index contributed by atoms with van der Waals surface area (Å²) >= 11 is 0. The zero-order valence-electron chi connectivity index (χ0n) is 20.8. The molecule has 5 rings (SSSR count). The first-order valence-electron chi connectivity index (χ1n) is 12.3. The summed E-state index contributed by atoms with van der Waals surface area (Å²) in [5, 5.41) is 7.61. The van der Waals surface area contributed by atoms with Crippen LogP contribution in [0.3, 0.4) is 0 Å². The van der Waals surface area contributed by atoms with Gasteiger partial charge in [0, 0.05) is 30.1 Å². The molecule has 1 unspecified atom stereocenters. The summed E-state index contributed by atoms with van der Waals surface area (Å²) in [7, 11) is 1.64. The first-order valence-corrected chi connectivity index (χ1v) is 12.3. The van der Waals surface area contributed by atoms with Crippen LogP contribution in [0.25, 0.3) is 11.3 Å². The number of nitrogens with zero attached hydrogens (tertiary/aromatic N) is 3. The zero-order chi connectivity index (χ0) is 25.1. The molecule has 1 atom stereocenters. The van der Waals surface area contributed by atoms with Gasteiger partial charge in [0.15, 0.2) is 11.5 Å². The van der Waals surface area contributed by atoms with Crippen LogP contribution < -0.4 is 9.47 Å². The first-order chi connectivity index (χ1) is 17.6. The zero-order valence-corrected chi connectivity index (χ0v) is 20.8. The second-order valence-corrected chi connectivity index (χ2v) is 9.03. The van der Waals surface area contributed by atoms with Gasteiger partial charge in [0.2, 0.25) is 0 Å². The Bertz CT molecular complexity index is 1350. The van der Waals surface area contributed by atoms with Crippen LogP contribution >= 0.6 is 0 Å². The lowest BCUT2D eigenvalue weighted by Gasteiger charge is -2.27. The maximum Gasteiger partial charge on any atom is 0.273 e. The van der Waals surface area contributed by atoms with Gasteiger partial charge in [-0.15, -0.1) is 0 Å². The van der Waals surface area contributed by atoms with E-state index in [0.29, 0.717) is 30.3 Å². The lowest BCUT2D eigenvalue weighted by atomic mass is 9.95. The largest absolute Gasteiger partial charge is 0.493 e. The van der Waals surface area contributed by atoms with E-state index >= 15 is 0 Å². The Labute approximate surface area is 211 Å². The van der Waals surface area contributed by atoms with Gasteiger partial charge in [-0.1, -0.05) is 49.2 Å². The monoisotopic (exact) mass is 482 g/mol. The molecule has 3 heterocycles. The van der Waals surface area contributed by atoms with Crippen LogP contribution in [0, 0.1) is 6.92 Å². The number of unbranched alkanes of at least 4 members (excludes halogenated alkanes) is 1. The Kier molecular flexibility index (Phi) is 6.71. The lowest BCUT2D eigenvalue weighted by molar-refractivity contribution is 0.0729. The molecule has 0 aliphatic carbocycles. The van der Waals surface area contributed by atoms with Gasteiger partial charge >= 0.3 is 0 Å². The van der Waals surface area contributed by atoms with Crippen LogP contribution in [0.2, 0.25) is 0 Å². The van der Waals surface area contributed by atoms with E-state index in [1.165, 1.54) is 5.56 Å². The van der Waals surface area contributed by atoms with Crippen LogP contribution in [-0.2, 0) is 6.54 Å². The third-order valence-electron chi connectivity index (χ3n) is 6.55. The van der Waals surface area contributed by atoms with Crippen LogP contribution in [-0.4, -0.2) is 39.7 Å². The van der Waals surface area contributed by atoms with E-state index in [0.717, 1.165) is 40.8 Å². The average Bonchev–Trinajstić information content (AvgIpc) is 3.44. The van der Waals surface area contributed by atoms with Crippen LogP contribution in [0.1, 0.15) is 58.5 Å². The SMILES string of the molecule is CCCCOc1ccc(C2c3c(-c4ccc(C)cc4)n[nH]c3C(=O)N2Cc2ccncc2)cc1OC. The van der Waals surface area contributed by atoms with Crippen molar-refractivity contribution in [2.45, 2.75) is 39.3 Å². The van der Waals surface area contributed by atoms with Crippen LogP contribution in [0.15, 0.2) is 67.0 Å². The van der Waals surface area contributed by atoms with Gasteiger partial charge in [-0.3, -0.25) is 14.9 Å².